The molecule has 1 aliphatic heterocycles. The highest BCUT2D eigenvalue weighted by Gasteiger charge is 2.26. The number of piperazine rings is 1. The lowest BCUT2D eigenvalue weighted by Gasteiger charge is -2.35. The van der Waals surface area contributed by atoms with Gasteiger partial charge in [-0.2, -0.15) is 0 Å². The lowest BCUT2D eigenvalue weighted by Crippen LogP contribution is -2.49. The normalized spacial score (nSPS) is 13.6. The number of aromatic nitrogens is 2. The van der Waals surface area contributed by atoms with E-state index in [1.807, 2.05) is 43.3 Å². The van der Waals surface area contributed by atoms with E-state index >= 15 is 0 Å². The van der Waals surface area contributed by atoms with Crippen molar-refractivity contribution in [1.29, 1.82) is 0 Å². The van der Waals surface area contributed by atoms with Crippen molar-refractivity contribution in [3.8, 4) is 22.8 Å². The van der Waals surface area contributed by atoms with Crippen molar-refractivity contribution in [2.24, 2.45) is 0 Å². The van der Waals surface area contributed by atoms with Gasteiger partial charge >= 0.3 is 5.63 Å². The zero-order chi connectivity index (χ0) is 25.1. The van der Waals surface area contributed by atoms with Gasteiger partial charge in [0.05, 0.1) is 19.4 Å². The van der Waals surface area contributed by atoms with Crippen molar-refractivity contribution >= 4 is 22.7 Å². The molecule has 1 saturated heterocycles. The maximum Gasteiger partial charge on any atom is 0.349 e. The highest BCUT2D eigenvalue weighted by Crippen LogP contribution is 2.26. The molecular weight excluding hydrogens is 460 g/mol. The maximum absolute atomic E-state index is 13.2. The molecule has 0 N–H and O–H groups in total. The molecule has 0 unspecified atom stereocenters. The van der Waals surface area contributed by atoms with Gasteiger partial charge in [-0.05, 0) is 43.3 Å². The first-order valence-corrected chi connectivity index (χ1v) is 11.8. The largest absolute Gasteiger partial charge is 0.497 e. The van der Waals surface area contributed by atoms with E-state index in [1.165, 1.54) is 0 Å². The lowest BCUT2D eigenvalue weighted by atomic mass is 10.1. The Hall–Kier alpha value is -4.40. The fourth-order valence-corrected chi connectivity index (χ4v) is 4.28. The number of carbonyl (C=O) groups is 1. The first-order chi connectivity index (χ1) is 17.6. The molecule has 5 rings (SSSR count). The van der Waals surface area contributed by atoms with Gasteiger partial charge in [-0.15, -0.1) is 0 Å². The fraction of sp³-hybridized carbons (Fsp3) is 0.259. The van der Waals surface area contributed by atoms with Crippen LogP contribution >= 0.6 is 0 Å². The van der Waals surface area contributed by atoms with Gasteiger partial charge in [0.25, 0.3) is 5.91 Å². The minimum Gasteiger partial charge on any atom is -0.497 e. The second kappa shape index (κ2) is 10.1. The van der Waals surface area contributed by atoms with Crippen LogP contribution in [0.4, 0.5) is 5.82 Å². The summed E-state index contributed by atoms with van der Waals surface area (Å²) in [6.07, 6.45) is 1.54. The zero-order valence-corrected chi connectivity index (χ0v) is 20.1. The van der Waals surface area contributed by atoms with Gasteiger partial charge in [-0.25, -0.2) is 14.8 Å². The summed E-state index contributed by atoms with van der Waals surface area (Å²) in [6.45, 7) is 4.38. The average molecular weight is 487 g/mol. The number of hydrogen-bond acceptors (Lipinski definition) is 8. The molecule has 0 atom stereocenters. The Morgan fingerprint density at radius 1 is 1.03 bits per heavy atom. The molecule has 1 aliphatic rings. The number of fused-ring (bicyclic) bond motifs is 1. The Balaban J connectivity index is 1.30. The van der Waals surface area contributed by atoms with Gasteiger partial charge in [-0.3, -0.25) is 4.79 Å². The van der Waals surface area contributed by atoms with Crippen LogP contribution in [-0.2, 0) is 0 Å². The van der Waals surface area contributed by atoms with Crippen molar-refractivity contribution in [2.45, 2.75) is 6.92 Å². The minimum absolute atomic E-state index is 0.0217. The number of benzene rings is 2. The molecule has 0 saturated carbocycles. The summed E-state index contributed by atoms with van der Waals surface area (Å²) in [5.41, 5.74) is 1.47. The van der Waals surface area contributed by atoms with E-state index in [0.717, 1.165) is 22.8 Å². The first-order valence-electron chi connectivity index (χ1n) is 11.8. The monoisotopic (exact) mass is 486 g/mol. The molecule has 1 fully saturated rings. The second-order valence-corrected chi connectivity index (χ2v) is 8.32. The van der Waals surface area contributed by atoms with E-state index in [2.05, 4.69) is 14.9 Å². The molecule has 0 bridgehead atoms. The Morgan fingerprint density at radius 2 is 1.81 bits per heavy atom. The number of rotatable bonds is 6. The molecule has 0 radical (unpaired) electrons. The number of anilines is 1. The lowest BCUT2D eigenvalue weighted by molar-refractivity contribution is 0.0742. The summed E-state index contributed by atoms with van der Waals surface area (Å²) in [6, 6.07) is 16.6. The van der Waals surface area contributed by atoms with Crippen molar-refractivity contribution < 1.29 is 18.7 Å². The zero-order valence-electron chi connectivity index (χ0n) is 20.1. The van der Waals surface area contributed by atoms with E-state index in [1.54, 1.807) is 36.5 Å². The third-order valence-corrected chi connectivity index (χ3v) is 6.18. The van der Waals surface area contributed by atoms with Crippen LogP contribution < -0.4 is 20.0 Å². The molecule has 2 aromatic heterocycles. The SMILES string of the molecule is CCOc1cccc2cc(C(=O)N3CCN(c4cc(-c5ccc(OC)cc5)ncn4)CC3)c(=O)oc12. The number of nitrogens with zero attached hydrogens (tertiary/aromatic N) is 4. The number of ether oxygens (including phenoxy) is 2. The third kappa shape index (κ3) is 4.59. The standard InChI is InChI=1S/C27H26N4O5/c1-3-35-23-6-4-5-19-15-21(27(33)36-25(19)23)26(32)31-13-11-30(12-14-31)24-16-22(28-17-29-24)18-7-9-20(34-2)10-8-18/h4-10,15-17H,3,11-14H2,1-2H3. The summed E-state index contributed by atoms with van der Waals surface area (Å²) in [5, 5.41) is 0.648. The predicted molar refractivity (Wildman–Crippen MR) is 136 cm³/mol. The maximum atomic E-state index is 13.2. The quantitative estimate of drug-likeness (QED) is 0.381. The molecular formula is C27H26N4O5. The third-order valence-electron chi connectivity index (χ3n) is 6.18. The van der Waals surface area contributed by atoms with Crippen molar-refractivity contribution in [3.63, 3.8) is 0 Å². The van der Waals surface area contributed by atoms with Gasteiger partial charge in [0.2, 0.25) is 0 Å². The molecule has 4 aromatic rings. The molecule has 9 nitrogen and oxygen atoms in total. The van der Waals surface area contributed by atoms with Crippen LogP contribution in [0.25, 0.3) is 22.2 Å². The van der Waals surface area contributed by atoms with Gasteiger partial charge < -0.3 is 23.7 Å². The average Bonchev–Trinajstić information content (AvgIpc) is 2.93. The molecule has 2 aromatic carbocycles. The summed E-state index contributed by atoms with van der Waals surface area (Å²) < 4.78 is 16.3. The smallest absolute Gasteiger partial charge is 0.349 e. The molecule has 184 valence electrons. The topological polar surface area (TPSA) is 98.0 Å². The highest BCUT2D eigenvalue weighted by atomic mass is 16.5. The van der Waals surface area contributed by atoms with Crippen LogP contribution in [0.2, 0.25) is 0 Å². The Labute approximate surface area is 207 Å². The number of para-hydroxylation sites is 1. The van der Waals surface area contributed by atoms with E-state index in [9.17, 15) is 9.59 Å². The van der Waals surface area contributed by atoms with Crippen molar-refractivity contribution in [1.82, 2.24) is 14.9 Å². The van der Waals surface area contributed by atoms with Crippen molar-refractivity contribution in [2.75, 3.05) is 44.8 Å². The van der Waals surface area contributed by atoms with Gasteiger partial charge in [0.1, 0.15) is 23.5 Å². The molecule has 0 aliphatic carbocycles. The molecule has 0 spiro atoms. The van der Waals surface area contributed by atoms with Crippen molar-refractivity contribution in [3.05, 3.63) is 76.9 Å². The van der Waals surface area contributed by atoms with E-state index in [0.29, 0.717) is 49.5 Å². The van der Waals surface area contributed by atoms with E-state index in [-0.39, 0.29) is 11.5 Å². The summed E-state index contributed by atoms with van der Waals surface area (Å²) in [4.78, 5) is 38.5. The van der Waals surface area contributed by atoms with Gasteiger partial charge in [-0.1, -0.05) is 12.1 Å². The molecule has 3 heterocycles. The molecule has 1 amide bonds. The Bertz CT molecular complexity index is 1440. The highest BCUT2D eigenvalue weighted by molar-refractivity contribution is 5.97. The van der Waals surface area contributed by atoms with Crippen LogP contribution in [0.1, 0.15) is 17.3 Å². The van der Waals surface area contributed by atoms with Crippen LogP contribution in [0.5, 0.6) is 11.5 Å². The van der Waals surface area contributed by atoms with Gasteiger partial charge in [0, 0.05) is 43.2 Å². The fourth-order valence-electron chi connectivity index (χ4n) is 4.28. The summed E-state index contributed by atoms with van der Waals surface area (Å²) >= 11 is 0. The molecule has 9 heteroatoms. The Morgan fingerprint density at radius 3 is 2.53 bits per heavy atom. The van der Waals surface area contributed by atoms with E-state index < -0.39 is 5.63 Å². The van der Waals surface area contributed by atoms with Crippen LogP contribution in [0, 0.1) is 0 Å². The summed E-state index contributed by atoms with van der Waals surface area (Å²) in [7, 11) is 1.63. The Kier molecular flexibility index (Phi) is 6.53. The minimum atomic E-state index is -0.665. The van der Waals surface area contributed by atoms with Gasteiger partial charge in [0.15, 0.2) is 11.3 Å². The first kappa shape index (κ1) is 23.3. The second-order valence-electron chi connectivity index (χ2n) is 8.32. The number of amides is 1. The number of hydrogen-bond donors (Lipinski definition) is 0. The number of carbonyl (C=O) groups excluding carboxylic acids is 1. The van der Waals surface area contributed by atoms with E-state index in [4.69, 9.17) is 13.9 Å². The summed E-state index contributed by atoms with van der Waals surface area (Å²) in [5.74, 6) is 1.72. The molecule has 36 heavy (non-hydrogen) atoms. The van der Waals surface area contributed by atoms with Crippen LogP contribution in [-0.4, -0.2) is 60.7 Å². The number of methoxy groups -OCH3 is 1. The predicted octanol–water partition coefficient (Wildman–Crippen LogP) is 3.62. The van der Waals surface area contributed by atoms with Crippen LogP contribution in [0.3, 0.4) is 0 Å². The van der Waals surface area contributed by atoms with Crippen LogP contribution in [0.15, 0.2) is 70.1 Å².